The molecule has 0 fully saturated rings. The lowest BCUT2D eigenvalue weighted by Gasteiger charge is -2.09. The molecule has 0 aliphatic heterocycles. The van der Waals surface area contributed by atoms with Gasteiger partial charge >= 0.3 is 6.36 Å². The van der Waals surface area contributed by atoms with E-state index in [-0.39, 0.29) is 5.56 Å². The van der Waals surface area contributed by atoms with Gasteiger partial charge in [-0.05, 0) is 18.2 Å². The van der Waals surface area contributed by atoms with Crippen LogP contribution in [0, 0.1) is 0 Å². The van der Waals surface area contributed by atoms with E-state index in [1.54, 1.807) is 0 Å². The molecule has 1 nitrogen and oxygen atoms in total. The highest BCUT2D eigenvalue weighted by Crippen LogP contribution is 2.27. The van der Waals surface area contributed by atoms with Gasteiger partial charge in [-0.15, -0.1) is 13.2 Å². The molecule has 0 saturated heterocycles. The summed E-state index contributed by atoms with van der Waals surface area (Å²) in [4.78, 5) is 0. The van der Waals surface area contributed by atoms with Gasteiger partial charge in [0.25, 0.3) is 0 Å². The summed E-state index contributed by atoms with van der Waals surface area (Å²) in [7, 11) is 0. The van der Waals surface area contributed by atoms with E-state index in [0.29, 0.717) is 4.47 Å². The molecule has 0 aromatic heterocycles. The first-order valence-corrected chi connectivity index (χ1v) is 4.32. The molecule has 1 aromatic carbocycles. The van der Waals surface area contributed by atoms with E-state index in [1.807, 2.05) is 0 Å². The molecule has 0 unspecified atom stereocenters. The minimum atomic E-state index is -4.75. The van der Waals surface area contributed by atoms with Crippen molar-refractivity contribution in [3.05, 3.63) is 28.2 Å². The van der Waals surface area contributed by atoms with Crippen LogP contribution in [0.2, 0.25) is 0 Å². The summed E-state index contributed by atoms with van der Waals surface area (Å²) in [6, 6.07) is 3.41. The summed E-state index contributed by atoms with van der Waals surface area (Å²) in [6.07, 6.45) is -4.75. The van der Waals surface area contributed by atoms with E-state index in [0.717, 1.165) is 12.1 Å². The van der Waals surface area contributed by atoms with Crippen LogP contribution in [0.1, 0.15) is 5.56 Å². The molecule has 0 spiro atoms. The van der Waals surface area contributed by atoms with E-state index < -0.39 is 18.8 Å². The highest BCUT2D eigenvalue weighted by molar-refractivity contribution is 9.10. The van der Waals surface area contributed by atoms with Crippen LogP contribution in [0.5, 0.6) is 5.75 Å². The van der Waals surface area contributed by atoms with Gasteiger partial charge in [0.2, 0.25) is 0 Å². The van der Waals surface area contributed by atoms with E-state index >= 15 is 0 Å². The van der Waals surface area contributed by atoms with Gasteiger partial charge in [-0.2, -0.15) is 0 Å². The fourth-order valence-electron chi connectivity index (χ4n) is 0.851. The first-order valence-electron chi connectivity index (χ1n) is 3.52. The maximum Gasteiger partial charge on any atom is 0.573 e. The Labute approximate surface area is 85.8 Å². The Bertz CT molecular complexity index is 324. The number of benzene rings is 1. The van der Waals surface area contributed by atoms with Crippen molar-refractivity contribution in [3.8, 4) is 5.75 Å². The van der Waals surface area contributed by atoms with Crippen molar-refractivity contribution in [2.75, 3.05) is 0 Å². The summed E-state index contributed by atoms with van der Waals surface area (Å²) < 4.78 is 51.5. The summed E-state index contributed by atoms with van der Waals surface area (Å²) in [6.45, 7) is -0.852. The van der Waals surface area contributed by atoms with E-state index in [1.165, 1.54) is 6.07 Å². The van der Waals surface area contributed by atoms with Crippen LogP contribution < -0.4 is 4.74 Å². The number of rotatable bonds is 2. The van der Waals surface area contributed by atoms with Gasteiger partial charge in [0.1, 0.15) is 12.4 Å². The summed E-state index contributed by atoms with van der Waals surface area (Å²) in [5.41, 5.74) is 0.117. The molecule has 78 valence electrons. The molecule has 0 saturated carbocycles. The summed E-state index contributed by atoms with van der Waals surface area (Å²) in [5.74, 6) is -0.423. The Balaban J connectivity index is 2.90. The normalized spacial score (nSPS) is 11.5. The van der Waals surface area contributed by atoms with E-state index in [2.05, 4.69) is 20.7 Å². The predicted molar refractivity (Wildman–Crippen MR) is 45.6 cm³/mol. The monoisotopic (exact) mass is 272 g/mol. The van der Waals surface area contributed by atoms with Crippen LogP contribution in [0.4, 0.5) is 17.6 Å². The van der Waals surface area contributed by atoms with Crippen LogP contribution in [0.25, 0.3) is 0 Å². The van der Waals surface area contributed by atoms with Crippen LogP contribution in [-0.2, 0) is 6.67 Å². The highest BCUT2D eigenvalue weighted by Gasteiger charge is 2.31. The Morgan fingerprint density at radius 1 is 1.29 bits per heavy atom. The number of halogens is 5. The fourth-order valence-corrected chi connectivity index (χ4v) is 1.20. The Kier molecular flexibility index (Phi) is 3.36. The highest BCUT2D eigenvalue weighted by atomic mass is 79.9. The molecule has 0 amide bonds. The maximum absolute atomic E-state index is 12.2. The zero-order valence-corrected chi connectivity index (χ0v) is 8.32. The molecule has 0 aliphatic carbocycles. The third-order valence-corrected chi connectivity index (χ3v) is 2.17. The molecular weight excluding hydrogens is 268 g/mol. The fraction of sp³-hybridized carbons (Fsp3) is 0.250. The zero-order valence-electron chi connectivity index (χ0n) is 6.74. The second-order valence-electron chi connectivity index (χ2n) is 2.43. The van der Waals surface area contributed by atoms with Gasteiger partial charge in [0.05, 0.1) is 0 Å². The standard InChI is InChI=1S/C8H5BrF4O/c9-7-2-1-6(3-5(7)4-10)14-8(11,12)13/h1-3H,4H2. The van der Waals surface area contributed by atoms with E-state index in [4.69, 9.17) is 0 Å². The first kappa shape index (κ1) is 11.3. The minimum absolute atomic E-state index is 0.117. The van der Waals surface area contributed by atoms with Crippen molar-refractivity contribution in [2.24, 2.45) is 0 Å². The Hall–Kier alpha value is -0.780. The topological polar surface area (TPSA) is 9.23 Å². The molecule has 6 heteroatoms. The Morgan fingerprint density at radius 3 is 2.43 bits per heavy atom. The van der Waals surface area contributed by atoms with Crippen molar-refractivity contribution in [2.45, 2.75) is 13.0 Å². The van der Waals surface area contributed by atoms with Gasteiger partial charge in [-0.1, -0.05) is 15.9 Å². The van der Waals surface area contributed by atoms with Gasteiger partial charge in [-0.3, -0.25) is 0 Å². The molecule has 0 radical (unpaired) electrons. The molecular formula is C8H5BrF4O. The SMILES string of the molecule is FCc1cc(OC(F)(F)F)ccc1Br. The van der Waals surface area contributed by atoms with Crippen LogP contribution in [-0.4, -0.2) is 6.36 Å². The van der Waals surface area contributed by atoms with E-state index in [9.17, 15) is 17.6 Å². The van der Waals surface area contributed by atoms with Gasteiger partial charge in [0, 0.05) is 10.0 Å². The van der Waals surface area contributed by atoms with Crippen molar-refractivity contribution < 1.29 is 22.3 Å². The number of ether oxygens (including phenoxy) is 1. The lowest BCUT2D eigenvalue weighted by atomic mass is 10.2. The van der Waals surface area contributed by atoms with Crippen LogP contribution in [0.3, 0.4) is 0 Å². The van der Waals surface area contributed by atoms with Gasteiger partial charge in [-0.25, -0.2) is 4.39 Å². The molecule has 0 bridgehead atoms. The van der Waals surface area contributed by atoms with Crippen molar-refractivity contribution in [1.29, 1.82) is 0 Å². The quantitative estimate of drug-likeness (QED) is 0.744. The minimum Gasteiger partial charge on any atom is -0.406 e. The summed E-state index contributed by atoms with van der Waals surface area (Å²) >= 11 is 2.99. The van der Waals surface area contributed by atoms with Crippen molar-refractivity contribution in [3.63, 3.8) is 0 Å². The van der Waals surface area contributed by atoms with Crippen LogP contribution in [0.15, 0.2) is 22.7 Å². The molecule has 0 atom stereocenters. The second kappa shape index (κ2) is 4.16. The number of hydrogen-bond donors (Lipinski definition) is 0. The van der Waals surface area contributed by atoms with Crippen molar-refractivity contribution in [1.82, 2.24) is 0 Å². The third-order valence-electron chi connectivity index (χ3n) is 1.39. The molecule has 1 aromatic rings. The molecule has 1 rings (SSSR count). The summed E-state index contributed by atoms with van der Waals surface area (Å²) in [5, 5.41) is 0. The molecule has 0 aliphatic rings. The smallest absolute Gasteiger partial charge is 0.406 e. The van der Waals surface area contributed by atoms with Crippen molar-refractivity contribution >= 4 is 15.9 Å². The van der Waals surface area contributed by atoms with Gasteiger partial charge in [0.15, 0.2) is 0 Å². The van der Waals surface area contributed by atoms with Gasteiger partial charge < -0.3 is 4.74 Å². The average Bonchev–Trinajstić information content (AvgIpc) is 2.06. The third kappa shape index (κ3) is 3.17. The average molecular weight is 273 g/mol. The number of alkyl halides is 4. The largest absolute Gasteiger partial charge is 0.573 e. The number of hydrogen-bond acceptors (Lipinski definition) is 1. The van der Waals surface area contributed by atoms with Crippen LogP contribution >= 0.6 is 15.9 Å². The zero-order chi connectivity index (χ0) is 10.8. The lowest BCUT2D eigenvalue weighted by Crippen LogP contribution is -2.17. The molecule has 0 N–H and O–H groups in total. The molecule has 14 heavy (non-hydrogen) atoms. The Morgan fingerprint density at radius 2 is 1.93 bits per heavy atom. The first-order chi connectivity index (χ1) is 6.42. The molecule has 0 heterocycles. The predicted octanol–water partition coefficient (Wildman–Crippen LogP) is 3.82. The maximum atomic E-state index is 12.2. The lowest BCUT2D eigenvalue weighted by molar-refractivity contribution is -0.274. The second-order valence-corrected chi connectivity index (χ2v) is 3.29.